The van der Waals surface area contributed by atoms with Crippen LogP contribution >= 0.6 is 0 Å². The quantitative estimate of drug-likeness (QED) is 0.680. The van der Waals surface area contributed by atoms with Gasteiger partial charge in [-0.2, -0.15) is 0 Å². The van der Waals surface area contributed by atoms with E-state index in [1.165, 1.54) is 6.54 Å². The van der Waals surface area contributed by atoms with E-state index in [-0.39, 0.29) is 0 Å². The highest BCUT2D eigenvalue weighted by molar-refractivity contribution is 5.89. The highest BCUT2D eigenvalue weighted by Crippen LogP contribution is 2.14. The Balaban J connectivity index is 0.000000304. The van der Waals surface area contributed by atoms with Gasteiger partial charge in [0.25, 0.3) is 0 Å². The number of carboxylic acids is 2. The summed E-state index contributed by atoms with van der Waals surface area (Å²) in [4.78, 5) is 23.9. The monoisotopic (exact) mass is 244 g/mol. The van der Waals surface area contributed by atoms with Gasteiger partial charge in [0.1, 0.15) is 0 Å². The highest BCUT2D eigenvalue weighted by Gasteiger charge is 2.27. The maximum absolute atomic E-state index is 9.55. The van der Waals surface area contributed by atoms with Crippen molar-refractivity contribution in [2.45, 2.75) is 26.1 Å². The summed E-state index contributed by atoms with van der Waals surface area (Å²) in [6.07, 6.45) is 1.74. The molecule has 0 spiro atoms. The lowest BCUT2D eigenvalue weighted by Gasteiger charge is -2.21. The molecule has 0 radical (unpaired) electrons. The third-order valence-electron chi connectivity index (χ3n) is 2.84. The number of likely N-dealkylation sites (N-methyl/N-ethyl adjacent to an activating group) is 2. The molecular weight excluding hydrogens is 224 g/mol. The topological polar surface area (TPSA) is 81.1 Å². The van der Waals surface area contributed by atoms with E-state index in [9.17, 15) is 9.59 Å². The van der Waals surface area contributed by atoms with Crippen molar-refractivity contribution in [3.05, 3.63) is 12.2 Å². The second kappa shape index (κ2) is 7.03. The maximum Gasteiger partial charge on any atom is 0.328 e. The number of rotatable bonds is 2. The average Bonchev–Trinajstić information content (AvgIpc) is 2.44. The van der Waals surface area contributed by atoms with E-state index < -0.39 is 11.9 Å². The Morgan fingerprint density at radius 1 is 1.12 bits per heavy atom. The van der Waals surface area contributed by atoms with Crippen LogP contribution in [0.2, 0.25) is 0 Å². The zero-order valence-electron chi connectivity index (χ0n) is 10.6. The van der Waals surface area contributed by atoms with Crippen LogP contribution in [0.25, 0.3) is 0 Å². The van der Waals surface area contributed by atoms with Crippen molar-refractivity contribution in [1.82, 2.24) is 9.80 Å². The molecule has 0 saturated carbocycles. The zero-order chi connectivity index (χ0) is 13.6. The molecule has 1 aliphatic rings. The van der Waals surface area contributed by atoms with Crippen LogP contribution < -0.4 is 0 Å². The van der Waals surface area contributed by atoms with Crippen LogP contribution in [0.4, 0.5) is 0 Å². The van der Waals surface area contributed by atoms with Gasteiger partial charge in [0.05, 0.1) is 6.17 Å². The molecule has 2 atom stereocenters. The minimum atomic E-state index is -1.26. The molecule has 0 aromatic carbocycles. The first-order valence-electron chi connectivity index (χ1n) is 5.31. The highest BCUT2D eigenvalue weighted by atomic mass is 16.4. The van der Waals surface area contributed by atoms with Gasteiger partial charge in [-0.15, -0.1) is 0 Å². The van der Waals surface area contributed by atoms with E-state index in [1.807, 2.05) is 0 Å². The molecule has 6 heteroatoms. The number of hydrogen-bond donors (Lipinski definition) is 2. The molecule has 1 heterocycles. The largest absolute Gasteiger partial charge is 0.478 e. The number of nitrogens with zero attached hydrogens (tertiary/aromatic N) is 2. The molecule has 1 fully saturated rings. The molecule has 6 nitrogen and oxygen atoms in total. The lowest BCUT2D eigenvalue weighted by Crippen LogP contribution is -2.32. The zero-order valence-corrected chi connectivity index (χ0v) is 10.6. The molecule has 0 amide bonds. The van der Waals surface area contributed by atoms with E-state index in [0.717, 1.165) is 6.04 Å². The Morgan fingerprint density at radius 3 is 1.65 bits per heavy atom. The van der Waals surface area contributed by atoms with Crippen LogP contribution in [0, 0.1) is 0 Å². The maximum atomic E-state index is 9.55. The summed E-state index contributed by atoms with van der Waals surface area (Å²) in [6.45, 7) is 5.71. The van der Waals surface area contributed by atoms with Gasteiger partial charge in [-0.05, 0) is 27.9 Å². The van der Waals surface area contributed by atoms with Gasteiger partial charge in [-0.25, -0.2) is 9.59 Å². The van der Waals surface area contributed by atoms with Crippen molar-refractivity contribution in [3.63, 3.8) is 0 Å². The Hall–Kier alpha value is -1.40. The van der Waals surface area contributed by atoms with Crippen molar-refractivity contribution in [3.8, 4) is 0 Å². The summed E-state index contributed by atoms with van der Waals surface area (Å²) in [5.74, 6) is -2.51. The predicted octanol–water partition coefficient (Wildman–Crippen LogP) is 0.310. The summed E-state index contributed by atoms with van der Waals surface area (Å²) in [7, 11) is 4.35. The fourth-order valence-electron chi connectivity index (χ4n) is 1.52. The van der Waals surface area contributed by atoms with Crippen LogP contribution in [0.5, 0.6) is 0 Å². The van der Waals surface area contributed by atoms with Crippen molar-refractivity contribution in [2.24, 2.45) is 0 Å². The lowest BCUT2D eigenvalue weighted by atomic mass is 10.3. The number of carboxylic acid groups (broad SMARTS) is 2. The molecule has 1 aliphatic heterocycles. The van der Waals surface area contributed by atoms with Crippen LogP contribution in [0.1, 0.15) is 13.8 Å². The number of hydrogen-bond acceptors (Lipinski definition) is 4. The normalized spacial score (nSPS) is 25.6. The van der Waals surface area contributed by atoms with Crippen LogP contribution in [0.15, 0.2) is 12.2 Å². The van der Waals surface area contributed by atoms with Gasteiger partial charge in [-0.1, -0.05) is 0 Å². The third kappa shape index (κ3) is 6.03. The van der Waals surface area contributed by atoms with Gasteiger partial charge in [0.15, 0.2) is 0 Å². The average molecular weight is 244 g/mol. The van der Waals surface area contributed by atoms with Crippen LogP contribution in [-0.4, -0.2) is 64.8 Å². The first-order chi connectivity index (χ1) is 7.75. The molecular formula is C11H20N2O4. The van der Waals surface area contributed by atoms with Gasteiger partial charge < -0.3 is 10.2 Å². The molecule has 0 bridgehead atoms. The number of carbonyl (C=O) groups is 2. The summed E-state index contributed by atoms with van der Waals surface area (Å²) in [5, 5.41) is 15.6. The summed E-state index contributed by atoms with van der Waals surface area (Å²) in [5.41, 5.74) is 0. The Labute approximate surface area is 101 Å². The van der Waals surface area contributed by atoms with E-state index in [0.29, 0.717) is 18.3 Å². The standard InChI is InChI=1S/C7H16N2.C4H4O4/c1-6-5-8(3)7(2)9(6)4;5-3(6)1-2-4(7)8/h6-7H,5H2,1-4H3;1-2H,(H,5,6)(H,7,8)/b;2-1-. The second-order valence-electron chi connectivity index (χ2n) is 4.10. The van der Waals surface area contributed by atoms with E-state index in [1.54, 1.807) is 0 Å². The molecule has 0 aromatic heterocycles. The van der Waals surface area contributed by atoms with Crippen LogP contribution in [0.3, 0.4) is 0 Å². The molecule has 98 valence electrons. The Morgan fingerprint density at radius 2 is 1.53 bits per heavy atom. The SMILES string of the molecule is CC1CN(C)C(C)N1C.O=C(O)/C=C\C(=O)O. The molecule has 0 aliphatic carbocycles. The Kier molecular flexibility index (Phi) is 6.45. The molecule has 1 saturated heterocycles. The van der Waals surface area contributed by atoms with Crippen molar-refractivity contribution >= 4 is 11.9 Å². The van der Waals surface area contributed by atoms with E-state index in [2.05, 4.69) is 37.7 Å². The summed E-state index contributed by atoms with van der Waals surface area (Å²) < 4.78 is 0. The van der Waals surface area contributed by atoms with E-state index >= 15 is 0 Å². The molecule has 1 rings (SSSR count). The molecule has 0 aromatic rings. The molecule has 2 unspecified atom stereocenters. The van der Waals surface area contributed by atoms with Gasteiger partial charge in [0.2, 0.25) is 0 Å². The smallest absolute Gasteiger partial charge is 0.328 e. The van der Waals surface area contributed by atoms with Crippen molar-refractivity contribution in [2.75, 3.05) is 20.6 Å². The van der Waals surface area contributed by atoms with Crippen molar-refractivity contribution < 1.29 is 19.8 Å². The van der Waals surface area contributed by atoms with Gasteiger partial charge in [-0.3, -0.25) is 9.80 Å². The first-order valence-corrected chi connectivity index (χ1v) is 5.31. The van der Waals surface area contributed by atoms with E-state index in [4.69, 9.17) is 10.2 Å². The van der Waals surface area contributed by atoms with Crippen molar-refractivity contribution in [1.29, 1.82) is 0 Å². The summed E-state index contributed by atoms with van der Waals surface area (Å²) >= 11 is 0. The summed E-state index contributed by atoms with van der Waals surface area (Å²) in [6, 6.07) is 0.727. The van der Waals surface area contributed by atoms with Gasteiger partial charge in [0, 0.05) is 24.7 Å². The fourth-order valence-corrected chi connectivity index (χ4v) is 1.52. The first kappa shape index (κ1) is 15.6. The fraction of sp³-hybridized carbons (Fsp3) is 0.636. The minimum Gasteiger partial charge on any atom is -0.478 e. The molecule has 2 N–H and O–H groups in total. The third-order valence-corrected chi connectivity index (χ3v) is 2.84. The number of aliphatic carboxylic acids is 2. The lowest BCUT2D eigenvalue weighted by molar-refractivity contribution is -0.134. The minimum absolute atomic E-state index is 0.558. The van der Waals surface area contributed by atoms with Gasteiger partial charge >= 0.3 is 11.9 Å². The predicted molar refractivity (Wildman–Crippen MR) is 63.7 cm³/mol. The Bertz CT molecular complexity index is 276. The second-order valence-corrected chi connectivity index (χ2v) is 4.10. The molecule has 17 heavy (non-hydrogen) atoms. The van der Waals surface area contributed by atoms with Crippen LogP contribution in [-0.2, 0) is 9.59 Å².